The number of anilines is 2. The van der Waals surface area contributed by atoms with E-state index in [4.69, 9.17) is 20.4 Å². The Morgan fingerprint density at radius 1 is 1.12 bits per heavy atom. The first kappa shape index (κ1) is 28.3. The van der Waals surface area contributed by atoms with E-state index in [0.717, 1.165) is 44.5 Å². The molecule has 0 radical (unpaired) electrons. The van der Waals surface area contributed by atoms with E-state index in [2.05, 4.69) is 28.7 Å². The Balaban J connectivity index is 1.58. The number of aromatic nitrogens is 4. The molecule has 0 saturated carbocycles. The van der Waals surface area contributed by atoms with Gasteiger partial charge in [-0.05, 0) is 49.4 Å². The number of nitrogens with one attached hydrogen (secondary N) is 1. The minimum Gasteiger partial charge on any atom is -0.436 e. The van der Waals surface area contributed by atoms with Gasteiger partial charge in [0.15, 0.2) is 11.6 Å². The van der Waals surface area contributed by atoms with Crippen molar-refractivity contribution in [2.45, 2.75) is 45.5 Å². The maximum Gasteiger partial charge on any atom is 0.416 e. The smallest absolute Gasteiger partial charge is 0.416 e. The van der Waals surface area contributed by atoms with Crippen LogP contribution in [0.1, 0.15) is 38.7 Å². The molecule has 3 heterocycles. The summed E-state index contributed by atoms with van der Waals surface area (Å²) in [4.78, 5) is 32.7. The zero-order valence-electron chi connectivity index (χ0n) is 23.1. The van der Waals surface area contributed by atoms with Crippen LogP contribution in [0.5, 0.6) is 11.6 Å². The van der Waals surface area contributed by atoms with Gasteiger partial charge in [0, 0.05) is 31.8 Å². The first-order valence-corrected chi connectivity index (χ1v) is 13.5. The van der Waals surface area contributed by atoms with Crippen LogP contribution in [-0.2, 0) is 6.18 Å². The highest BCUT2D eigenvalue weighted by Crippen LogP contribution is 2.34. The van der Waals surface area contributed by atoms with Gasteiger partial charge in [-0.15, -0.1) is 0 Å². The summed E-state index contributed by atoms with van der Waals surface area (Å²) in [5.41, 5.74) is 6.15. The van der Waals surface area contributed by atoms with Crippen molar-refractivity contribution in [3.8, 4) is 22.9 Å². The van der Waals surface area contributed by atoms with Crippen LogP contribution in [0, 0.1) is 5.92 Å². The first-order chi connectivity index (χ1) is 19.5. The van der Waals surface area contributed by atoms with Gasteiger partial charge in [-0.25, -0.2) is 9.97 Å². The molecule has 1 fully saturated rings. The Hall–Kier alpha value is -4.19. The van der Waals surface area contributed by atoms with E-state index in [1.807, 2.05) is 11.9 Å². The molecule has 1 saturated heterocycles. The first-order valence-electron chi connectivity index (χ1n) is 13.5. The highest BCUT2D eigenvalue weighted by Gasteiger charge is 2.31. The minimum absolute atomic E-state index is 0.0472. The van der Waals surface area contributed by atoms with E-state index < -0.39 is 17.3 Å². The van der Waals surface area contributed by atoms with E-state index in [0.29, 0.717) is 39.9 Å². The molecule has 0 spiro atoms. The highest BCUT2D eigenvalue weighted by atomic mass is 19.4. The molecule has 0 bridgehead atoms. The number of para-hydroxylation sites is 1. The molecule has 1 aliphatic heterocycles. The molecule has 2 aromatic heterocycles. The molecular formula is C29H32F3N7O2. The maximum atomic E-state index is 13.2. The van der Waals surface area contributed by atoms with Crippen LogP contribution in [0.3, 0.4) is 0 Å². The van der Waals surface area contributed by atoms with E-state index >= 15 is 0 Å². The summed E-state index contributed by atoms with van der Waals surface area (Å²) in [5, 5.41) is 0. The van der Waals surface area contributed by atoms with Gasteiger partial charge in [0.1, 0.15) is 5.52 Å². The normalized spacial score (nSPS) is 16.3. The van der Waals surface area contributed by atoms with E-state index in [1.165, 1.54) is 12.1 Å². The largest absolute Gasteiger partial charge is 0.436 e. The molecule has 0 amide bonds. The van der Waals surface area contributed by atoms with Gasteiger partial charge in [0.2, 0.25) is 11.8 Å². The van der Waals surface area contributed by atoms with Crippen molar-refractivity contribution in [3.63, 3.8) is 0 Å². The van der Waals surface area contributed by atoms with Crippen molar-refractivity contribution < 1.29 is 17.9 Å². The van der Waals surface area contributed by atoms with E-state index in [1.54, 1.807) is 24.3 Å². The lowest BCUT2D eigenvalue weighted by molar-refractivity contribution is -0.137. The number of ether oxygens (including phenoxy) is 1. The molecule has 0 unspecified atom stereocenters. The number of hydrogen-bond acceptors (Lipinski definition) is 8. The van der Waals surface area contributed by atoms with E-state index in [9.17, 15) is 18.0 Å². The molecule has 41 heavy (non-hydrogen) atoms. The van der Waals surface area contributed by atoms with Crippen LogP contribution in [0.25, 0.3) is 22.3 Å². The fourth-order valence-corrected chi connectivity index (χ4v) is 5.12. The molecule has 9 nitrogen and oxygen atoms in total. The number of aromatic amines is 1. The van der Waals surface area contributed by atoms with E-state index in [-0.39, 0.29) is 17.9 Å². The number of nitrogens with zero attached hydrogens (tertiary/aromatic N) is 5. The average molecular weight is 568 g/mol. The van der Waals surface area contributed by atoms with Crippen molar-refractivity contribution in [1.29, 1.82) is 0 Å². The molecule has 0 aliphatic carbocycles. The second-order valence-electron chi connectivity index (χ2n) is 10.6. The standard InChI is InChI=1S/C29H32F3N7O2/c1-17(2)16-39-14-5-4-9-24(39)38(3)28-35-21(18-10-12-19(13-11-18)29(30,31)32)15-23(36-28)41-22-8-6-7-20-25(22)37-26(33)27(40)34-20/h6-8,10-13,15,17,24H,4-5,9,14,16H2,1-3H3,(H2,33,37)(H,34,40)/t24-/m0/s1. The number of halogens is 3. The third-order valence-electron chi connectivity index (χ3n) is 7.07. The van der Waals surface area contributed by atoms with Crippen molar-refractivity contribution in [2.75, 3.05) is 30.8 Å². The third kappa shape index (κ3) is 6.27. The summed E-state index contributed by atoms with van der Waals surface area (Å²) in [7, 11) is 1.92. The lowest BCUT2D eigenvalue weighted by atomic mass is 10.0. The Kier molecular flexibility index (Phi) is 7.85. The lowest BCUT2D eigenvalue weighted by Crippen LogP contribution is -2.51. The second kappa shape index (κ2) is 11.4. The summed E-state index contributed by atoms with van der Waals surface area (Å²) in [6.45, 7) is 6.23. The number of hydrogen-bond donors (Lipinski definition) is 2. The zero-order chi connectivity index (χ0) is 29.3. The van der Waals surface area contributed by atoms with Crippen LogP contribution in [0.2, 0.25) is 0 Å². The van der Waals surface area contributed by atoms with Crippen LogP contribution in [-0.4, -0.2) is 51.1 Å². The maximum absolute atomic E-state index is 13.2. The van der Waals surface area contributed by atoms with Gasteiger partial charge < -0.3 is 20.4 Å². The predicted molar refractivity (Wildman–Crippen MR) is 152 cm³/mol. The Bertz CT molecular complexity index is 1590. The lowest BCUT2D eigenvalue weighted by Gasteiger charge is -2.41. The van der Waals surface area contributed by atoms with Gasteiger partial charge in [0.25, 0.3) is 5.56 Å². The summed E-state index contributed by atoms with van der Waals surface area (Å²) in [6.07, 6.45) is -1.31. The molecule has 1 atom stereocenters. The van der Waals surface area contributed by atoms with Crippen molar-refractivity contribution in [3.05, 3.63) is 64.4 Å². The molecule has 216 valence electrons. The average Bonchev–Trinajstić information content (AvgIpc) is 2.93. The molecule has 12 heteroatoms. The number of nitrogen functional groups attached to an aromatic ring is 1. The number of alkyl halides is 3. The summed E-state index contributed by atoms with van der Waals surface area (Å²) in [6, 6.07) is 11.4. The molecule has 1 aliphatic rings. The van der Waals surface area contributed by atoms with Crippen LogP contribution >= 0.6 is 0 Å². The quantitative estimate of drug-likeness (QED) is 0.293. The van der Waals surface area contributed by atoms with Crippen molar-refractivity contribution >= 4 is 22.8 Å². The monoisotopic (exact) mass is 567 g/mol. The predicted octanol–water partition coefficient (Wildman–Crippen LogP) is 5.68. The minimum atomic E-state index is -4.45. The number of nitrogens with two attached hydrogens (primary N) is 1. The van der Waals surface area contributed by atoms with Crippen LogP contribution in [0.15, 0.2) is 53.3 Å². The Morgan fingerprint density at radius 2 is 1.88 bits per heavy atom. The summed E-state index contributed by atoms with van der Waals surface area (Å²) < 4.78 is 45.8. The van der Waals surface area contributed by atoms with Gasteiger partial charge >= 0.3 is 6.18 Å². The highest BCUT2D eigenvalue weighted by molar-refractivity contribution is 5.82. The number of benzene rings is 2. The molecule has 5 rings (SSSR count). The fourth-order valence-electron chi connectivity index (χ4n) is 5.12. The van der Waals surface area contributed by atoms with Gasteiger partial charge in [0.05, 0.1) is 22.9 Å². The molecule has 4 aromatic rings. The summed E-state index contributed by atoms with van der Waals surface area (Å²) >= 11 is 0. The second-order valence-corrected chi connectivity index (χ2v) is 10.6. The van der Waals surface area contributed by atoms with Crippen molar-refractivity contribution in [2.24, 2.45) is 5.92 Å². The van der Waals surface area contributed by atoms with Crippen LogP contribution in [0.4, 0.5) is 24.9 Å². The number of H-pyrrole nitrogens is 1. The zero-order valence-corrected chi connectivity index (χ0v) is 23.1. The number of likely N-dealkylation sites (tertiary alicyclic amines) is 1. The number of rotatable bonds is 7. The Labute approximate surface area is 235 Å². The topological polar surface area (TPSA) is 113 Å². The molecular weight excluding hydrogens is 535 g/mol. The number of piperidine rings is 1. The number of fused-ring (bicyclic) bond motifs is 1. The van der Waals surface area contributed by atoms with Gasteiger partial charge in [-0.1, -0.05) is 32.0 Å². The third-order valence-corrected chi connectivity index (χ3v) is 7.07. The van der Waals surface area contributed by atoms with Crippen LogP contribution < -0.4 is 20.9 Å². The summed E-state index contributed by atoms with van der Waals surface area (Å²) in [5.74, 6) is 1.11. The molecule has 3 N–H and O–H groups in total. The van der Waals surface area contributed by atoms with Gasteiger partial charge in [-0.3, -0.25) is 9.69 Å². The van der Waals surface area contributed by atoms with Crippen molar-refractivity contribution in [1.82, 2.24) is 24.8 Å². The SMILES string of the molecule is CC(C)CN1CCCC[C@H]1N(C)c1nc(Oc2cccc3[nH]c(=O)c(N)nc23)cc(-c2ccc(C(F)(F)F)cc2)n1. The van der Waals surface area contributed by atoms with Gasteiger partial charge in [-0.2, -0.15) is 18.2 Å². The molecule has 2 aromatic carbocycles. The Morgan fingerprint density at radius 3 is 2.59 bits per heavy atom. The fraction of sp³-hybridized carbons (Fsp3) is 0.379.